The maximum absolute atomic E-state index is 12.1. The number of hydrogen-bond donors (Lipinski definition) is 3. The summed E-state index contributed by atoms with van der Waals surface area (Å²) in [6.07, 6.45) is 2.26. The zero-order valence-electron chi connectivity index (χ0n) is 11.7. The molecular formula is C12H20ClN6O+. The molecule has 1 amide bonds. The smallest absolute Gasteiger partial charge is 0.274 e. The lowest BCUT2D eigenvalue weighted by molar-refractivity contribution is -0.900. The topological polar surface area (TPSA) is 107 Å². The Morgan fingerprint density at radius 1 is 1.40 bits per heavy atom. The predicted octanol–water partition coefficient (Wildman–Crippen LogP) is 0.263. The van der Waals surface area contributed by atoms with Gasteiger partial charge in [0, 0.05) is 12.8 Å². The Kier molecular flexibility index (Phi) is 4.01. The van der Waals surface area contributed by atoms with Crippen LogP contribution >= 0.6 is 11.6 Å². The molecule has 0 saturated carbocycles. The van der Waals surface area contributed by atoms with Gasteiger partial charge in [-0.25, -0.2) is 9.97 Å². The number of hydrogen-bond acceptors (Lipinski definition) is 5. The fourth-order valence-corrected chi connectivity index (χ4v) is 2.65. The van der Waals surface area contributed by atoms with Gasteiger partial charge in [-0.3, -0.25) is 4.79 Å². The van der Waals surface area contributed by atoms with Crippen molar-refractivity contribution in [2.75, 3.05) is 38.7 Å². The molecule has 2 rings (SSSR count). The fraction of sp³-hybridized carbons (Fsp3) is 0.583. The van der Waals surface area contributed by atoms with Crippen LogP contribution < -0.4 is 16.8 Å². The summed E-state index contributed by atoms with van der Waals surface area (Å²) in [5.41, 5.74) is 11.2. The molecule has 1 fully saturated rings. The van der Waals surface area contributed by atoms with Gasteiger partial charge in [0.1, 0.15) is 6.04 Å². The molecule has 0 unspecified atom stereocenters. The number of likely N-dealkylation sites (tertiary alicyclic amines) is 1. The normalized spacial score (nSPS) is 20.9. The number of quaternary nitrogens is 1. The first-order valence-corrected chi connectivity index (χ1v) is 6.88. The van der Waals surface area contributed by atoms with Crippen molar-refractivity contribution in [1.29, 1.82) is 0 Å². The Bertz CT molecular complexity index is 533. The second-order valence-corrected chi connectivity index (χ2v) is 6.00. The van der Waals surface area contributed by atoms with Gasteiger partial charge in [-0.05, 0) is 0 Å². The lowest BCUT2D eigenvalue weighted by atomic mass is 10.2. The lowest BCUT2D eigenvalue weighted by Gasteiger charge is -2.31. The molecule has 2 heterocycles. The summed E-state index contributed by atoms with van der Waals surface area (Å²) in [7, 11) is 4.33. The van der Waals surface area contributed by atoms with Crippen LogP contribution in [0.15, 0.2) is 0 Å². The van der Waals surface area contributed by atoms with Gasteiger partial charge in [-0.2, -0.15) is 0 Å². The van der Waals surface area contributed by atoms with E-state index in [9.17, 15) is 4.79 Å². The van der Waals surface area contributed by atoms with Gasteiger partial charge in [-0.15, -0.1) is 0 Å². The quantitative estimate of drug-likeness (QED) is 0.694. The van der Waals surface area contributed by atoms with Gasteiger partial charge >= 0.3 is 0 Å². The average molecular weight is 300 g/mol. The van der Waals surface area contributed by atoms with Crippen molar-refractivity contribution in [1.82, 2.24) is 15.3 Å². The number of nitrogens with one attached hydrogen (secondary N) is 1. The summed E-state index contributed by atoms with van der Waals surface area (Å²) in [4.78, 5) is 19.8. The fourth-order valence-electron chi connectivity index (χ4n) is 2.52. The maximum Gasteiger partial charge on any atom is 0.274 e. The van der Waals surface area contributed by atoms with E-state index in [-0.39, 0.29) is 28.4 Å². The molecule has 0 bridgehead atoms. The van der Waals surface area contributed by atoms with E-state index in [1.54, 1.807) is 0 Å². The van der Waals surface area contributed by atoms with Crippen molar-refractivity contribution < 1.29 is 9.28 Å². The monoisotopic (exact) mass is 299 g/mol. The van der Waals surface area contributed by atoms with Crippen LogP contribution in [0.1, 0.15) is 23.3 Å². The number of nitrogen functional groups attached to an aromatic ring is 2. The molecule has 0 radical (unpaired) electrons. The average Bonchev–Trinajstić information content (AvgIpc) is 2.70. The number of anilines is 2. The van der Waals surface area contributed by atoms with Crippen LogP contribution in [0.3, 0.4) is 0 Å². The summed E-state index contributed by atoms with van der Waals surface area (Å²) >= 11 is 5.77. The largest absolute Gasteiger partial charge is 0.382 e. The second-order valence-electron chi connectivity index (χ2n) is 5.64. The molecule has 0 aromatic carbocycles. The Balaban J connectivity index is 2.04. The predicted molar refractivity (Wildman–Crippen MR) is 78.2 cm³/mol. The summed E-state index contributed by atoms with van der Waals surface area (Å²) in [5, 5.41) is 2.83. The van der Waals surface area contributed by atoms with E-state index in [0.717, 1.165) is 17.4 Å². The number of nitrogens with two attached hydrogens (primary N) is 2. The molecular weight excluding hydrogens is 280 g/mol. The first kappa shape index (κ1) is 14.8. The highest BCUT2D eigenvalue weighted by molar-refractivity contribution is 6.31. The number of amides is 1. The van der Waals surface area contributed by atoms with Crippen LogP contribution in [-0.2, 0) is 0 Å². The molecule has 0 spiro atoms. The minimum Gasteiger partial charge on any atom is -0.382 e. The molecule has 8 heteroatoms. The Hall–Kier alpha value is -1.60. The van der Waals surface area contributed by atoms with Crippen LogP contribution in [-0.4, -0.2) is 53.6 Å². The Morgan fingerprint density at radius 2 is 2.10 bits per heavy atom. The van der Waals surface area contributed by atoms with E-state index in [2.05, 4.69) is 29.4 Å². The molecule has 1 saturated heterocycles. The summed E-state index contributed by atoms with van der Waals surface area (Å²) < 4.78 is 0.907. The zero-order valence-corrected chi connectivity index (χ0v) is 12.4. The van der Waals surface area contributed by atoms with Crippen molar-refractivity contribution in [3.8, 4) is 0 Å². The molecule has 1 aromatic heterocycles. The van der Waals surface area contributed by atoms with Crippen molar-refractivity contribution in [3.63, 3.8) is 0 Å². The second kappa shape index (κ2) is 5.41. The zero-order chi connectivity index (χ0) is 14.9. The van der Waals surface area contributed by atoms with Crippen LogP contribution in [0, 0.1) is 0 Å². The van der Waals surface area contributed by atoms with E-state index in [1.165, 1.54) is 6.42 Å². The minimum atomic E-state index is -0.371. The molecule has 5 N–H and O–H groups in total. The van der Waals surface area contributed by atoms with E-state index in [1.807, 2.05) is 0 Å². The number of rotatable bonds is 3. The highest BCUT2D eigenvalue weighted by atomic mass is 35.5. The summed E-state index contributed by atoms with van der Waals surface area (Å²) in [6, 6.07) is 0.400. The molecule has 1 aliphatic rings. The Morgan fingerprint density at radius 3 is 2.70 bits per heavy atom. The molecule has 1 aliphatic heterocycles. The van der Waals surface area contributed by atoms with Crippen molar-refractivity contribution in [2.24, 2.45) is 0 Å². The molecule has 110 valence electrons. The highest BCUT2D eigenvalue weighted by Crippen LogP contribution is 2.22. The van der Waals surface area contributed by atoms with E-state index >= 15 is 0 Å². The van der Waals surface area contributed by atoms with Crippen molar-refractivity contribution in [2.45, 2.75) is 18.9 Å². The van der Waals surface area contributed by atoms with Crippen LogP contribution in [0.4, 0.5) is 11.6 Å². The van der Waals surface area contributed by atoms with E-state index in [0.29, 0.717) is 12.6 Å². The van der Waals surface area contributed by atoms with Crippen molar-refractivity contribution in [3.05, 3.63) is 10.8 Å². The first-order chi connectivity index (χ1) is 9.31. The number of aromatic nitrogens is 2. The van der Waals surface area contributed by atoms with Crippen LogP contribution in [0.2, 0.25) is 5.15 Å². The third-order valence-corrected chi connectivity index (χ3v) is 4.16. The van der Waals surface area contributed by atoms with Gasteiger partial charge in [0.15, 0.2) is 22.5 Å². The highest BCUT2D eigenvalue weighted by Gasteiger charge is 2.34. The number of nitrogens with zero attached hydrogens (tertiary/aromatic N) is 3. The standard InChI is InChI=1S/C12H19ClN6O/c1-19(2)5-3-4-7(19)6-16-12(20)8-10(14)18-11(15)9(13)17-8/h7H,3-6H2,1-2H3,(H4-,14,15,16,18,20)/p+1/t7-/m0/s1. The van der Waals surface area contributed by atoms with E-state index in [4.69, 9.17) is 23.1 Å². The minimum absolute atomic E-state index is 0.00966. The Labute approximate surface area is 122 Å². The molecule has 1 aromatic rings. The van der Waals surface area contributed by atoms with Gasteiger partial charge < -0.3 is 21.3 Å². The van der Waals surface area contributed by atoms with Gasteiger partial charge in [-0.1, -0.05) is 11.6 Å². The van der Waals surface area contributed by atoms with Crippen molar-refractivity contribution >= 4 is 29.1 Å². The first-order valence-electron chi connectivity index (χ1n) is 6.50. The number of likely N-dealkylation sites (N-methyl/N-ethyl adjacent to an activating group) is 1. The third kappa shape index (κ3) is 2.94. The third-order valence-electron chi connectivity index (χ3n) is 3.88. The van der Waals surface area contributed by atoms with Gasteiger partial charge in [0.25, 0.3) is 5.91 Å². The molecule has 0 aliphatic carbocycles. The lowest BCUT2D eigenvalue weighted by Crippen LogP contribution is -2.49. The summed E-state index contributed by atoms with van der Waals surface area (Å²) in [6.45, 7) is 1.70. The number of carbonyl (C=O) groups excluding carboxylic acids is 1. The van der Waals surface area contributed by atoms with Gasteiger partial charge in [0.05, 0.1) is 27.2 Å². The summed E-state index contributed by atoms with van der Waals surface area (Å²) in [5.74, 6) is -0.359. The molecule has 1 atom stereocenters. The number of carbonyl (C=O) groups is 1. The number of halogens is 1. The van der Waals surface area contributed by atoms with Crippen LogP contribution in [0.25, 0.3) is 0 Å². The maximum atomic E-state index is 12.1. The molecule has 7 nitrogen and oxygen atoms in total. The van der Waals surface area contributed by atoms with Crippen LogP contribution in [0.5, 0.6) is 0 Å². The van der Waals surface area contributed by atoms with Gasteiger partial charge in [0.2, 0.25) is 0 Å². The molecule has 20 heavy (non-hydrogen) atoms. The SMILES string of the molecule is C[N+]1(C)CCC[C@H]1CNC(=O)c1nc(Cl)c(N)nc1N. The van der Waals surface area contributed by atoms with E-state index < -0.39 is 0 Å².